The lowest BCUT2D eigenvalue weighted by Crippen LogP contribution is -2.01. The predicted octanol–water partition coefficient (Wildman–Crippen LogP) is 3.70. The molecule has 14 heavy (non-hydrogen) atoms. The first-order valence-electron chi connectivity index (χ1n) is 4.70. The SMILES string of the molecule is C=Cc1c(CC)cccc1CC(F)F. The molecule has 0 saturated heterocycles. The monoisotopic (exact) mass is 196 g/mol. The van der Waals surface area contributed by atoms with Gasteiger partial charge >= 0.3 is 0 Å². The molecule has 2 heteroatoms. The van der Waals surface area contributed by atoms with Gasteiger partial charge in [-0.15, -0.1) is 0 Å². The van der Waals surface area contributed by atoms with Crippen molar-refractivity contribution in [2.45, 2.75) is 26.2 Å². The van der Waals surface area contributed by atoms with E-state index in [1.165, 1.54) is 0 Å². The Morgan fingerprint density at radius 3 is 2.50 bits per heavy atom. The highest BCUT2D eigenvalue weighted by Gasteiger charge is 2.09. The lowest BCUT2D eigenvalue weighted by Gasteiger charge is -2.09. The van der Waals surface area contributed by atoms with Crippen molar-refractivity contribution in [1.29, 1.82) is 0 Å². The maximum absolute atomic E-state index is 12.2. The Labute approximate surface area is 83.3 Å². The van der Waals surface area contributed by atoms with E-state index < -0.39 is 6.43 Å². The van der Waals surface area contributed by atoms with Crippen molar-refractivity contribution in [2.24, 2.45) is 0 Å². The van der Waals surface area contributed by atoms with Gasteiger partial charge in [-0.25, -0.2) is 8.78 Å². The molecule has 1 aromatic rings. The fourth-order valence-corrected chi connectivity index (χ4v) is 1.58. The van der Waals surface area contributed by atoms with Crippen molar-refractivity contribution in [3.05, 3.63) is 41.5 Å². The molecule has 0 aliphatic heterocycles. The zero-order valence-corrected chi connectivity index (χ0v) is 8.26. The lowest BCUT2D eigenvalue weighted by molar-refractivity contribution is 0.149. The zero-order chi connectivity index (χ0) is 10.6. The van der Waals surface area contributed by atoms with Crippen molar-refractivity contribution in [2.75, 3.05) is 0 Å². The van der Waals surface area contributed by atoms with E-state index in [1.807, 2.05) is 19.1 Å². The number of hydrogen-bond acceptors (Lipinski definition) is 0. The van der Waals surface area contributed by atoms with Crippen LogP contribution in [0.4, 0.5) is 8.78 Å². The predicted molar refractivity (Wildman–Crippen MR) is 55.6 cm³/mol. The van der Waals surface area contributed by atoms with Crippen LogP contribution in [0.1, 0.15) is 23.6 Å². The van der Waals surface area contributed by atoms with Gasteiger partial charge in [0.25, 0.3) is 0 Å². The summed E-state index contributed by atoms with van der Waals surface area (Å²) in [7, 11) is 0. The molecule has 0 saturated carbocycles. The van der Waals surface area contributed by atoms with Crippen LogP contribution in [0.25, 0.3) is 6.08 Å². The molecule has 0 radical (unpaired) electrons. The van der Waals surface area contributed by atoms with Crippen LogP contribution in [0, 0.1) is 0 Å². The molecular weight excluding hydrogens is 182 g/mol. The normalized spacial score (nSPS) is 10.6. The second kappa shape index (κ2) is 4.89. The third-order valence-corrected chi connectivity index (χ3v) is 2.25. The molecule has 0 spiro atoms. The molecule has 0 aliphatic carbocycles. The van der Waals surface area contributed by atoms with Gasteiger partial charge in [-0.1, -0.05) is 37.8 Å². The summed E-state index contributed by atoms with van der Waals surface area (Å²) in [5, 5.41) is 0. The summed E-state index contributed by atoms with van der Waals surface area (Å²) in [6.45, 7) is 5.67. The van der Waals surface area contributed by atoms with Crippen molar-refractivity contribution in [3.8, 4) is 0 Å². The zero-order valence-electron chi connectivity index (χ0n) is 8.26. The highest BCUT2D eigenvalue weighted by Crippen LogP contribution is 2.19. The number of benzene rings is 1. The average Bonchev–Trinajstić information content (AvgIpc) is 2.16. The Hall–Kier alpha value is -1.18. The van der Waals surface area contributed by atoms with Gasteiger partial charge in [0.2, 0.25) is 6.43 Å². The van der Waals surface area contributed by atoms with E-state index in [-0.39, 0.29) is 6.42 Å². The summed E-state index contributed by atoms with van der Waals surface area (Å²) in [5.41, 5.74) is 2.64. The van der Waals surface area contributed by atoms with E-state index in [2.05, 4.69) is 6.58 Å². The van der Waals surface area contributed by atoms with Crippen LogP contribution >= 0.6 is 0 Å². The van der Waals surface area contributed by atoms with Crippen LogP contribution in [-0.2, 0) is 12.8 Å². The van der Waals surface area contributed by atoms with Gasteiger partial charge in [0.05, 0.1) is 0 Å². The topological polar surface area (TPSA) is 0 Å². The second-order valence-corrected chi connectivity index (χ2v) is 3.14. The Morgan fingerprint density at radius 1 is 1.36 bits per heavy atom. The number of aryl methyl sites for hydroxylation is 1. The van der Waals surface area contributed by atoms with E-state index >= 15 is 0 Å². The Kier molecular flexibility index (Phi) is 3.81. The highest BCUT2D eigenvalue weighted by atomic mass is 19.3. The lowest BCUT2D eigenvalue weighted by atomic mass is 9.97. The van der Waals surface area contributed by atoms with E-state index in [0.29, 0.717) is 5.56 Å². The molecule has 0 bridgehead atoms. The first-order chi connectivity index (χ1) is 6.69. The van der Waals surface area contributed by atoms with Crippen LogP contribution in [0.3, 0.4) is 0 Å². The molecule has 0 N–H and O–H groups in total. The van der Waals surface area contributed by atoms with Gasteiger partial charge in [-0.2, -0.15) is 0 Å². The molecule has 0 aliphatic rings. The quantitative estimate of drug-likeness (QED) is 0.688. The standard InChI is InChI=1S/C12H14F2/c1-3-9-6-5-7-10(8-12(13)14)11(9)4-2/h4-7,12H,2-3,8H2,1H3. The first-order valence-corrected chi connectivity index (χ1v) is 4.70. The first kappa shape index (κ1) is 10.9. The van der Waals surface area contributed by atoms with Crippen molar-refractivity contribution in [3.63, 3.8) is 0 Å². The maximum Gasteiger partial charge on any atom is 0.242 e. The van der Waals surface area contributed by atoms with Crippen LogP contribution in [-0.4, -0.2) is 6.43 Å². The second-order valence-electron chi connectivity index (χ2n) is 3.14. The van der Waals surface area contributed by atoms with Crippen LogP contribution in [0.5, 0.6) is 0 Å². The molecule has 0 fully saturated rings. The fraction of sp³-hybridized carbons (Fsp3) is 0.333. The number of alkyl halides is 2. The van der Waals surface area contributed by atoms with Gasteiger partial charge in [-0.3, -0.25) is 0 Å². The fourth-order valence-electron chi connectivity index (χ4n) is 1.58. The maximum atomic E-state index is 12.2. The van der Waals surface area contributed by atoms with E-state index in [0.717, 1.165) is 17.5 Å². The van der Waals surface area contributed by atoms with Gasteiger partial charge in [0.15, 0.2) is 0 Å². The average molecular weight is 196 g/mol. The summed E-state index contributed by atoms with van der Waals surface area (Å²) < 4.78 is 24.5. The third-order valence-electron chi connectivity index (χ3n) is 2.25. The minimum absolute atomic E-state index is 0.185. The van der Waals surface area contributed by atoms with Gasteiger partial charge in [0.1, 0.15) is 0 Å². The van der Waals surface area contributed by atoms with E-state index in [1.54, 1.807) is 12.1 Å². The van der Waals surface area contributed by atoms with Crippen LogP contribution < -0.4 is 0 Å². The molecule has 0 nitrogen and oxygen atoms in total. The molecule has 0 atom stereocenters. The Balaban J connectivity index is 3.08. The third kappa shape index (κ3) is 2.41. The Morgan fingerprint density at radius 2 is 2.00 bits per heavy atom. The van der Waals surface area contributed by atoms with E-state index in [4.69, 9.17) is 0 Å². The molecule has 0 aromatic heterocycles. The molecule has 0 unspecified atom stereocenters. The molecule has 0 heterocycles. The van der Waals surface area contributed by atoms with E-state index in [9.17, 15) is 8.78 Å². The van der Waals surface area contributed by atoms with Crippen LogP contribution in [0.15, 0.2) is 24.8 Å². The van der Waals surface area contributed by atoms with Gasteiger partial charge < -0.3 is 0 Å². The minimum Gasteiger partial charge on any atom is -0.210 e. The smallest absolute Gasteiger partial charge is 0.210 e. The van der Waals surface area contributed by atoms with Crippen molar-refractivity contribution < 1.29 is 8.78 Å². The van der Waals surface area contributed by atoms with Crippen molar-refractivity contribution in [1.82, 2.24) is 0 Å². The largest absolute Gasteiger partial charge is 0.242 e. The van der Waals surface area contributed by atoms with Crippen LogP contribution in [0.2, 0.25) is 0 Å². The van der Waals surface area contributed by atoms with Gasteiger partial charge in [0, 0.05) is 6.42 Å². The molecular formula is C12H14F2. The molecule has 1 aromatic carbocycles. The summed E-state index contributed by atoms with van der Waals surface area (Å²) in [6.07, 6.45) is 0.0327. The van der Waals surface area contributed by atoms with Crippen molar-refractivity contribution >= 4 is 6.08 Å². The summed E-state index contributed by atoms with van der Waals surface area (Å²) in [4.78, 5) is 0. The summed E-state index contributed by atoms with van der Waals surface area (Å²) in [5.74, 6) is 0. The molecule has 76 valence electrons. The number of rotatable bonds is 4. The molecule has 0 amide bonds. The number of hydrogen-bond donors (Lipinski definition) is 0. The molecule has 1 rings (SSSR count). The minimum atomic E-state index is -2.29. The highest BCUT2D eigenvalue weighted by molar-refractivity contribution is 5.56. The summed E-state index contributed by atoms with van der Waals surface area (Å²) >= 11 is 0. The number of halogens is 2. The van der Waals surface area contributed by atoms with Gasteiger partial charge in [-0.05, 0) is 23.1 Å². The Bertz CT molecular complexity index is 316. The summed E-state index contributed by atoms with van der Waals surface area (Å²) in [6, 6.07) is 5.51.